The predicted molar refractivity (Wildman–Crippen MR) is 78.5 cm³/mol. The lowest BCUT2D eigenvalue weighted by atomic mass is 10.1. The van der Waals surface area contributed by atoms with Crippen LogP contribution >= 0.6 is 11.3 Å². The molecule has 0 aliphatic heterocycles. The molecule has 0 aliphatic carbocycles. The van der Waals surface area contributed by atoms with Gasteiger partial charge in [-0.2, -0.15) is 0 Å². The van der Waals surface area contributed by atoms with E-state index in [-0.39, 0.29) is 0 Å². The monoisotopic (exact) mass is 261 g/mol. The van der Waals surface area contributed by atoms with Crippen molar-refractivity contribution in [1.82, 2.24) is 5.32 Å². The number of rotatable bonds is 4. The van der Waals surface area contributed by atoms with E-state index in [1.54, 1.807) is 7.11 Å². The van der Waals surface area contributed by atoms with Crippen LogP contribution in [0.5, 0.6) is 5.75 Å². The van der Waals surface area contributed by atoms with Crippen molar-refractivity contribution in [3.63, 3.8) is 0 Å². The summed E-state index contributed by atoms with van der Waals surface area (Å²) in [5, 5.41) is 3.27. The summed E-state index contributed by atoms with van der Waals surface area (Å²) >= 11 is 1.81. The van der Waals surface area contributed by atoms with Crippen molar-refractivity contribution < 1.29 is 4.74 Å². The number of hydrogen-bond donors (Lipinski definition) is 1. The molecule has 96 valence electrons. The van der Waals surface area contributed by atoms with Crippen molar-refractivity contribution in [3.05, 3.63) is 40.8 Å². The van der Waals surface area contributed by atoms with Crippen molar-refractivity contribution in [2.75, 3.05) is 14.2 Å². The summed E-state index contributed by atoms with van der Waals surface area (Å²) < 4.78 is 5.44. The molecule has 0 aliphatic rings. The van der Waals surface area contributed by atoms with E-state index in [0.29, 0.717) is 6.04 Å². The minimum Gasteiger partial charge on any atom is -0.496 e. The molecule has 3 heteroatoms. The third-order valence-corrected chi connectivity index (χ3v) is 4.41. The van der Waals surface area contributed by atoms with Crippen LogP contribution in [0.4, 0.5) is 0 Å². The van der Waals surface area contributed by atoms with Crippen molar-refractivity contribution >= 4 is 11.3 Å². The Bertz CT molecular complexity index is 533. The highest BCUT2D eigenvalue weighted by Gasteiger charge is 2.11. The average Bonchev–Trinajstić information content (AvgIpc) is 2.87. The van der Waals surface area contributed by atoms with Gasteiger partial charge < -0.3 is 10.1 Å². The summed E-state index contributed by atoms with van der Waals surface area (Å²) in [5.41, 5.74) is 2.43. The van der Waals surface area contributed by atoms with Crippen LogP contribution in [0.1, 0.15) is 23.4 Å². The summed E-state index contributed by atoms with van der Waals surface area (Å²) in [5.74, 6) is 0.936. The van der Waals surface area contributed by atoms with Crippen LogP contribution in [0.25, 0.3) is 10.4 Å². The zero-order valence-electron chi connectivity index (χ0n) is 11.3. The van der Waals surface area contributed by atoms with Gasteiger partial charge in [-0.3, -0.25) is 0 Å². The van der Waals surface area contributed by atoms with Crippen LogP contribution in [0, 0.1) is 6.92 Å². The predicted octanol–water partition coefficient (Wildman–Crippen LogP) is 4.01. The van der Waals surface area contributed by atoms with Gasteiger partial charge in [0.1, 0.15) is 5.75 Å². The molecule has 1 unspecified atom stereocenters. The minimum atomic E-state index is 0.388. The second-order valence-corrected chi connectivity index (χ2v) is 5.53. The van der Waals surface area contributed by atoms with Gasteiger partial charge in [-0.1, -0.05) is 11.6 Å². The Balaban J connectivity index is 2.42. The van der Waals surface area contributed by atoms with Gasteiger partial charge in [0.05, 0.1) is 7.11 Å². The number of ether oxygens (including phenoxy) is 1. The third-order valence-electron chi connectivity index (χ3n) is 3.11. The maximum absolute atomic E-state index is 5.44. The van der Waals surface area contributed by atoms with Gasteiger partial charge in [0, 0.05) is 21.4 Å². The minimum absolute atomic E-state index is 0.388. The molecular weight excluding hydrogens is 242 g/mol. The van der Waals surface area contributed by atoms with Crippen molar-refractivity contribution in [2.24, 2.45) is 0 Å². The first-order valence-electron chi connectivity index (χ1n) is 6.07. The van der Waals surface area contributed by atoms with E-state index in [2.05, 4.69) is 43.4 Å². The zero-order valence-corrected chi connectivity index (χ0v) is 12.1. The number of benzene rings is 1. The quantitative estimate of drug-likeness (QED) is 0.897. The summed E-state index contributed by atoms with van der Waals surface area (Å²) in [6.07, 6.45) is 0. The van der Waals surface area contributed by atoms with Gasteiger partial charge in [-0.25, -0.2) is 0 Å². The molecule has 1 aromatic heterocycles. The number of thiophene rings is 1. The highest BCUT2D eigenvalue weighted by atomic mass is 32.1. The van der Waals surface area contributed by atoms with Crippen molar-refractivity contribution in [2.45, 2.75) is 19.9 Å². The van der Waals surface area contributed by atoms with Gasteiger partial charge in [0.15, 0.2) is 0 Å². The Hall–Kier alpha value is -1.32. The molecule has 0 bridgehead atoms. The van der Waals surface area contributed by atoms with Crippen LogP contribution in [-0.2, 0) is 0 Å². The van der Waals surface area contributed by atoms with E-state index >= 15 is 0 Å². The summed E-state index contributed by atoms with van der Waals surface area (Å²) in [6, 6.07) is 11.0. The van der Waals surface area contributed by atoms with E-state index in [9.17, 15) is 0 Å². The van der Waals surface area contributed by atoms with Crippen LogP contribution in [0.2, 0.25) is 0 Å². The molecule has 1 atom stereocenters. The topological polar surface area (TPSA) is 21.3 Å². The molecule has 18 heavy (non-hydrogen) atoms. The Labute approximate surface area is 113 Å². The lowest BCUT2D eigenvalue weighted by molar-refractivity contribution is 0.416. The number of nitrogens with one attached hydrogen (secondary N) is 1. The van der Waals surface area contributed by atoms with Crippen LogP contribution in [-0.4, -0.2) is 14.2 Å². The Kier molecular flexibility index (Phi) is 4.04. The molecule has 2 nitrogen and oxygen atoms in total. The fourth-order valence-corrected chi connectivity index (χ4v) is 2.98. The lowest BCUT2D eigenvalue weighted by Crippen LogP contribution is -2.10. The molecule has 0 saturated heterocycles. The van der Waals surface area contributed by atoms with Gasteiger partial charge in [-0.05, 0) is 45.2 Å². The molecule has 2 aromatic rings. The highest BCUT2D eigenvalue weighted by Crippen LogP contribution is 2.37. The Morgan fingerprint density at radius 3 is 2.67 bits per heavy atom. The van der Waals surface area contributed by atoms with Crippen LogP contribution in [0.15, 0.2) is 30.3 Å². The van der Waals surface area contributed by atoms with Gasteiger partial charge in [0.2, 0.25) is 0 Å². The maximum atomic E-state index is 5.44. The molecule has 0 radical (unpaired) electrons. The molecule has 0 amide bonds. The van der Waals surface area contributed by atoms with E-state index in [1.165, 1.54) is 20.9 Å². The van der Waals surface area contributed by atoms with E-state index in [1.807, 2.05) is 24.5 Å². The van der Waals surface area contributed by atoms with Gasteiger partial charge >= 0.3 is 0 Å². The molecule has 2 rings (SSSR count). The molecule has 0 saturated carbocycles. The first-order valence-corrected chi connectivity index (χ1v) is 6.89. The third kappa shape index (κ3) is 2.57. The summed E-state index contributed by atoms with van der Waals surface area (Å²) in [6.45, 7) is 4.27. The smallest absolute Gasteiger partial charge is 0.127 e. The second-order valence-electron chi connectivity index (χ2n) is 4.42. The van der Waals surface area contributed by atoms with Gasteiger partial charge in [-0.15, -0.1) is 11.3 Å². The molecule has 0 fully saturated rings. The normalized spacial score (nSPS) is 12.4. The highest BCUT2D eigenvalue weighted by molar-refractivity contribution is 7.15. The zero-order chi connectivity index (χ0) is 13.1. The Morgan fingerprint density at radius 1 is 1.22 bits per heavy atom. The molecule has 1 heterocycles. The number of aryl methyl sites for hydroxylation is 1. The second kappa shape index (κ2) is 5.55. The first kappa shape index (κ1) is 13.1. The van der Waals surface area contributed by atoms with Crippen LogP contribution in [0.3, 0.4) is 0 Å². The fraction of sp³-hybridized carbons (Fsp3) is 0.333. The van der Waals surface area contributed by atoms with E-state index in [0.717, 1.165) is 5.75 Å². The summed E-state index contributed by atoms with van der Waals surface area (Å²) in [4.78, 5) is 2.60. The standard InChI is InChI=1S/C15H19NOS/c1-10-5-6-13(17-4)12(9-10)15-8-7-14(18-15)11(2)16-3/h5-9,11,16H,1-4H3. The molecule has 0 spiro atoms. The maximum Gasteiger partial charge on any atom is 0.127 e. The first-order chi connectivity index (χ1) is 8.65. The fourth-order valence-electron chi connectivity index (χ4n) is 1.89. The molecular formula is C15H19NOS. The van der Waals surface area contributed by atoms with Crippen molar-refractivity contribution in [1.29, 1.82) is 0 Å². The molecule has 1 N–H and O–H groups in total. The summed E-state index contributed by atoms with van der Waals surface area (Å²) in [7, 11) is 3.70. The SMILES string of the molecule is CNC(C)c1ccc(-c2cc(C)ccc2OC)s1. The molecule has 1 aromatic carbocycles. The van der Waals surface area contributed by atoms with E-state index < -0.39 is 0 Å². The van der Waals surface area contributed by atoms with E-state index in [4.69, 9.17) is 4.74 Å². The number of methoxy groups -OCH3 is 1. The van der Waals surface area contributed by atoms with Gasteiger partial charge in [0.25, 0.3) is 0 Å². The Morgan fingerprint density at radius 2 is 2.00 bits per heavy atom. The lowest BCUT2D eigenvalue weighted by Gasteiger charge is -2.08. The van der Waals surface area contributed by atoms with Crippen LogP contribution < -0.4 is 10.1 Å². The average molecular weight is 261 g/mol. The van der Waals surface area contributed by atoms with Crippen molar-refractivity contribution in [3.8, 4) is 16.2 Å². The number of hydrogen-bond acceptors (Lipinski definition) is 3. The largest absolute Gasteiger partial charge is 0.496 e.